The summed E-state index contributed by atoms with van der Waals surface area (Å²) in [5, 5.41) is 2.21. The van der Waals surface area contributed by atoms with Crippen LogP contribution in [0.15, 0.2) is 75.2 Å². The van der Waals surface area contributed by atoms with Crippen LogP contribution in [-0.2, 0) is 9.59 Å². The fraction of sp³-hybridized carbons (Fsp3) is 0.148. The summed E-state index contributed by atoms with van der Waals surface area (Å²) in [4.78, 5) is 39.0. The van der Waals surface area contributed by atoms with Crippen molar-refractivity contribution in [2.24, 2.45) is 0 Å². The highest BCUT2D eigenvalue weighted by Gasteiger charge is 2.36. The monoisotopic (exact) mass is 628 g/mol. The topological polar surface area (TPSA) is 94.2 Å². The van der Waals surface area contributed by atoms with Gasteiger partial charge in [-0.2, -0.15) is 0 Å². The Morgan fingerprint density at radius 2 is 1.59 bits per heavy atom. The second-order valence-electron chi connectivity index (χ2n) is 7.98. The van der Waals surface area contributed by atoms with Crippen LogP contribution in [0.3, 0.4) is 0 Å². The van der Waals surface area contributed by atoms with Gasteiger partial charge in [0, 0.05) is 4.47 Å². The van der Waals surface area contributed by atoms with Crippen LogP contribution in [0.5, 0.6) is 17.2 Å². The molecule has 4 amide bonds. The van der Waals surface area contributed by atoms with E-state index in [-0.39, 0.29) is 12.2 Å². The van der Waals surface area contributed by atoms with Gasteiger partial charge in [-0.05, 0) is 83.0 Å². The van der Waals surface area contributed by atoms with Crippen LogP contribution in [0.2, 0.25) is 0 Å². The van der Waals surface area contributed by atoms with Crippen molar-refractivity contribution in [3.8, 4) is 17.2 Å². The number of nitrogens with zero attached hydrogens (tertiary/aromatic N) is 1. The number of hydrogen-bond donors (Lipinski definition) is 1. The van der Waals surface area contributed by atoms with Gasteiger partial charge in [-0.15, -0.1) is 0 Å². The highest BCUT2D eigenvalue weighted by atomic mass is 79.9. The van der Waals surface area contributed by atoms with Crippen molar-refractivity contribution in [3.63, 3.8) is 0 Å². The summed E-state index contributed by atoms with van der Waals surface area (Å²) >= 11 is 6.80. The molecule has 0 atom stereocenters. The number of methoxy groups -OCH3 is 1. The zero-order valence-electron chi connectivity index (χ0n) is 19.9. The molecule has 1 aliphatic rings. The Morgan fingerprint density at radius 1 is 0.919 bits per heavy atom. The Labute approximate surface area is 230 Å². The van der Waals surface area contributed by atoms with Crippen LogP contribution in [0.4, 0.5) is 10.5 Å². The molecule has 8 nitrogen and oxygen atoms in total. The third kappa shape index (κ3) is 6.20. The number of anilines is 1. The van der Waals surface area contributed by atoms with Gasteiger partial charge in [0.1, 0.15) is 24.5 Å². The third-order valence-electron chi connectivity index (χ3n) is 5.37. The molecule has 10 heteroatoms. The van der Waals surface area contributed by atoms with E-state index in [1.165, 1.54) is 13.2 Å². The number of hydrogen-bond acceptors (Lipinski definition) is 6. The fourth-order valence-corrected chi connectivity index (χ4v) is 4.39. The summed E-state index contributed by atoms with van der Waals surface area (Å²) in [6.45, 7) is 2.58. The van der Waals surface area contributed by atoms with Crippen LogP contribution in [0.25, 0.3) is 6.08 Å². The van der Waals surface area contributed by atoms with Crippen molar-refractivity contribution in [1.82, 2.24) is 5.32 Å². The molecular weight excluding hydrogens is 608 g/mol. The quantitative estimate of drug-likeness (QED) is 0.197. The van der Waals surface area contributed by atoms with Crippen LogP contribution in [0.1, 0.15) is 11.1 Å². The molecule has 1 N–H and O–H groups in total. The van der Waals surface area contributed by atoms with Gasteiger partial charge in [-0.3, -0.25) is 14.9 Å². The number of carbonyl (C=O) groups excluding carboxylic acids is 3. The Morgan fingerprint density at radius 3 is 2.27 bits per heavy atom. The van der Waals surface area contributed by atoms with Crippen LogP contribution in [0, 0.1) is 6.92 Å². The number of halogens is 2. The molecule has 1 saturated heterocycles. The number of rotatable bonds is 8. The van der Waals surface area contributed by atoms with E-state index in [0.717, 1.165) is 20.7 Å². The number of aryl methyl sites for hydroxylation is 1. The molecule has 1 aliphatic heterocycles. The summed E-state index contributed by atoms with van der Waals surface area (Å²) in [6, 6.07) is 16.8. The SMILES string of the molecule is COc1cc(/C=C2/C(=O)NC(=O)N(c3ccc(Br)cc3)C2=O)cc(Br)c1OCCOc1ccc(C)cc1. The summed E-state index contributed by atoms with van der Waals surface area (Å²) in [6.07, 6.45) is 1.40. The van der Waals surface area contributed by atoms with Crippen molar-refractivity contribution < 1.29 is 28.6 Å². The van der Waals surface area contributed by atoms with E-state index in [2.05, 4.69) is 37.2 Å². The lowest BCUT2D eigenvalue weighted by molar-refractivity contribution is -0.122. The third-order valence-corrected chi connectivity index (χ3v) is 6.49. The first-order valence-corrected chi connectivity index (χ1v) is 12.7. The summed E-state index contributed by atoms with van der Waals surface area (Å²) in [5.41, 5.74) is 1.78. The van der Waals surface area contributed by atoms with Gasteiger partial charge in [-0.25, -0.2) is 9.69 Å². The molecule has 190 valence electrons. The number of amides is 4. The first-order chi connectivity index (χ1) is 17.8. The Kier molecular flexibility index (Phi) is 8.30. The van der Waals surface area contributed by atoms with Gasteiger partial charge < -0.3 is 14.2 Å². The normalized spacial score (nSPS) is 14.5. The molecule has 1 heterocycles. The molecule has 3 aromatic carbocycles. The molecule has 0 aromatic heterocycles. The smallest absolute Gasteiger partial charge is 0.335 e. The van der Waals surface area contributed by atoms with Gasteiger partial charge in [0.05, 0.1) is 17.3 Å². The first kappa shape index (κ1) is 26.4. The maximum absolute atomic E-state index is 13.1. The Hall–Kier alpha value is -3.63. The standard InChI is InChI=1S/C27H22Br2N2O6/c1-16-3-9-20(10-4-16)36-11-12-37-24-22(29)14-17(15-23(24)35-2)13-21-25(32)30-27(34)31(26(21)33)19-7-5-18(28)6-8-19/h3-10,13-15H,11-12H2,1-2H3,(H,30,32,34)/b21-13-. The predicted molar refractivity (Wildman–Crippen MR) is 146 cm³/mol. The molecule has 0 aliphatic carbocycles. The molecule has 37 heavy (non-hydrogen) atoms. The lowest BCUT2D eigenvalue weighted by Crippen LogP contribution is -2.54. The second kappa shape index (κ2) is 11.6. The number of nitrogens with one attached hydrogen (secondary N) is 1. The number of barbiturate groups is 1. The van der Waals surface area contributed by atoms with Crippen molar-refractivity contribution >= 4 is 61.5 Å². The van der Waals surface area contributed by atoms with Gasteiger partial charge in [-0.1, -0.05) is 33.6 Å². The van der Waals surface area contributed by atoms with Gasteiger partial charge >= 0.3 is 6.03 Å². The van der Waals surface area contributed by atoms with Gasteiger partial charge in [0.15, 0.2) is 11.5 Å². The van der Waals surface area contributed by atoms with Crippen LogP contribution < -0.4 is 24.4 Å². The number of ether oxygens (including phenoxy) is 3. The van der Waals surface area contributed by atoms with Crippen molar-refractivity contribution in [2.45, 2.75) is 6.92 Å². The van der Waals surface area contributed by atoms with E-state index >= 15 is 0 Å². The van der Waals surface area contributed by atoms with E-state index < -0.39 is 17.8 Å². The molecule has 0 saturated carbocycles. The summed E-state index contributed by atoms with van der Waals surface area (Å²) < 4.78 is 18.4. The summed E-state index contributed by atoms with van der Waals surface area (Å²) in [7, 11) is 1.49. The number of imide groups is 2. The number of benzene rings is 3. The molecule has 0 bridgehead atoms. The molecule has 3 aromatic rings. The summed E-state index contributed by atoms with van der Waals surface area (Å²) in [5.74, 6) is 0.0596. The second-order valence-corrected chi connectivity index (χ2v) is 9.75. The van der Waals surface area contributed by atoms with Gasteiger partial charge in [0.2, 0.25) is 0 Å². The minimum absolute atomic E-state index is 0.198. The average molecular weight is 630 g/mol. The first-order valence-electron chi connectivity index (χ1n) is 11.1. The number of urea groups is 1. The maximum Gasteiger partial charge on any atom is 0.335 e. The Bertz CT molecular complexity index is 1370. The van der Waals surface area contributed by atoms with E-state index in [0.29, 0.717) is 33.8 Å². The Balaban J connectivity index is 1.52. The van der Waals surface area contributed by atoms with E-state index in [4.69, 9.17) is 14.2 Å². The van der Waals surface area contributed by atoms with E-state index in [1.807, 2.05) is 31.2 Å². The lowest BCUT2D eigenvalue weighted by atomic mass is 10.1. The highest BCUT2D eigenvalue weighted by molar-refractivity contribution is 9.10. The van der Waals surface area contributed by atoms with Gasteiger partial charge in [0.25, 0.3) is 11.8 Å². The van der Waals surface area contributed by atoms with Crippen molar-refractivity contribution in [2.75, 3.05) is 25.2 Å². The zero-order valence-corrected chi connectivity index (χ0v) is 23.1. The molecule has 0 unspecified atom stereocenters. The van der Waals surface area contributed by atoms with Crippen molar-refractivity contribution in [1.29, 1.82) is 0 Å². The molecule has 1 fully saturated rings. The molecule has 0 spiro atoms. The molecule has 0 radical (unpaired) electrons. The zero-order chi connectivity index (χ0) is 26.5. The average Bonchev–Trinajstić information content (AvgIpc) is 2.87. The van der Waals surface area contributed by atoms with Crippen molar-refractivity contribution in [3.05, 3.63) is 86.3 Å². The lowest BCUT2D eigenvalue weighted by Gasteiger charge is -2.26. The molecule has 4 rings (SSSR count). The minimum Gasteiger partial charge on any atom is -0.493 e. The van der Waals surface area contributed by atoms with Crippen LogP contribution in [-0.4, -0.2) is 38.2 Å². The highest BCUT2D eigenvalue weighted by Crippen LogP contribution is 2.37. The van der Waals surface area contributed by atoms with E-state index in [9.17, 15) is 14.4 Å². The maximum atomic E-state index is 13.1. The predicted octanol–water partition coefficient (Wildman–Crippen LogP) is 5.65. The largest absolute Gasteiger partial charge is 0.493 e. The fourth-order valence-electron chi connectivity index (χ4n) is 3.55. The van der Waals surface area contributed by atoms with E-state index in [1.54, 1.807) is 36.4 Å². The molecular formula is C27H22Br2N2O6. The number of carbonyl (C=O) groups is 3. The minimum atomic E-state index is -0.815. The van der Waals surface area contributed by atoms with Crippen LogP contribution >= 0.6 is 31.9 Å².